The van der Waals surface area contributed by atoms with Crippen molar-refractivity contribution in [3.05, 3.63) is 64.7 Å². The summed E-state index contributed by atoms with van der Waals surface area (Å²) in [6.45, 7) is 1.79. The lowest BCUT2D eigenvalue weighted by Crippen LogP contribution is -2.24. The minimum atomic E-state index is 0.304. The summed E-state index contributed by atoms with van der Waals surface area (Å²) in [6.07, 6.45) is 0.948. The van der Waals surface area contributed by atoms with E-state index in [1.165, 1.54) is 11.1 Å². The highest BCUT2D eigenvalue weighted by Crippen LogP contribution is 2.24. The fourth-order valence-electron chi connectivity index (χ4n) is 2.36. The Morgan fingerprint density at radius 2 is 1.89 bits per heavy atom. The van der Waals surface area contributed by atoms with E-state index in [9.17, 15) is 5.11 Å². The van der Waals surface area contributed by atoms with Crippen LogP contribution < -0.4 is 5.32 Å². The molecule has 2 N–H and O–H groups in total. The van der Waals surface area contributed by atoms with Gasteiger partial charge in [0.15, 0.2) is 0 Å². The van der Waals surface area contributed by atoms with Crippen LogP contribution in [-0.2, 0) is 13.0 Å². The van der Waals surface area contributed by atoms with Gasteiger partial charge in [0.25, 0.3) is 0 Å². The monoisotopic (exact) mass is 249 g/mol. The minimum absolute atomic E-state index is 0.304. The number of nitrogens with one attached hydrogen (secondary N) is 1. The second-order valence-corrected chi connectivity index (χ2v) is 4.67. The second-order valence-electron chi connectivity index (χ2n) is 4.67. The number of hydrogen-bond acceptors (Lipinski definition) is 2. The molecular formula is C17H15NO. The molecule has 0 saturated heterocycles. The van der Waals surface area contributed by atoms with Crippen LogP contribution in [0.25, 0.3) is 0 Å². The van der Waals surface area contributed by atoms with Gasteiger partial charge in [-0.2, -0.15) is 0 Å². The van der Waals surface area contributed by atoms with Gasteiger partial charge in [-0.05, 0) is 48.4 Å². The third-order valence-electron chi connectivity index (χ3n) is 3.32. The number of fused-ring (bicyclic) bond motifs is 1. The lowest BCUT2D eigenvalue weighted by atomic mass is 9.95. The van der Waals surface area contributed by atoms with Gasteiger partial charge in [0.05, 0.1) is 0 Å². The number of aromatic hydroxyl groups is 1. The molecule has 0 aromatic heterocycles. The summed E-state index contributed by atoms with van der Waals surface area (Å²) in [5.74, 6) is 6.63. The van der Waals surface area contributed by atoms with Gasteiger partial charge in [-0.15, -0.1) is 0 Å². The van der Waals surface area contributed by atoms with Gasteiger partial charge >= 0.3 is 0 Å². The van der Waals surface area contributed by atoms with Crippen LogP contribution in [0.15, 0.2) is 42.5 Å². The normalized spacial score (nSPS) is 13.3. The molecule has 1 heterocycles. The average molecular weight is 249 g/mol. The molecule has 0 spiro atoms. The Labute approximate surface area is 113 Å². The number of phenols is 1. The first-order valence-corrected chi connectivity index (χ1v) is 6.45. The Bertz CT molecular complexity index is 650. The van der Waals surface area contributed by atoms with Crippen LogP contribution in [-0.4, -0.2) is 11.7 Å². The van der Waals surface area contributed by atoms with Crippen molar-refractivity contribution in [1.82, 2.24) is 5.32 Å². The molecule has 2 heteroatoms. The van der Waals surface area contributed by atoms with E-state index in [1.807, 2.05) is 36.4 Å². The van der Waals surface area contributed by atoms with E-state index in [0.29, 0.717) is 5.75 Å². The zero-order valence-electron chi connectivity index (χ0n) is 10.6. The summed E-state index contributed by atoms with van der Waals surface area (Å²) in [6, 6.07) is 13.5. The van der Waals surface area contributed by atoms with Crippen LogP contribution in [0.3, 0.4) is 0 Å². The topological polar surface area (TPSA) is 32.3 Å². The van der Waals surface area contributed by atoms with Crippen LogP contribution in [0.1, 0.15) is 22.3 Å². The van der Waals surface area contributed by atoms with E-state index >= 15 is 0 Å². The quantitative estimate of drug-likeness (QED) is 0.703. The second kappa shape index (κ2) is 5.17. The van der Waals surface area contributed by atoms with E-state index < -0.39 is 0 Å². The van der Waals surface area contributed by atoms with Gasteiger partial charge in [-0.25, -0.2) is 0 Å². The smallest absolute Gasteiger partial charge is 0.117 e. The zero-order chi connectivity index (χ0) is 13.1. The third-order valence-corrected chi connectivity index (χ3v) is 3.32. The molecular weight excluding hydrogens is 234 g/mol. The van der Waals surface area contributed by atoms with Crippen LogP contribution >= 0.6 is 0 Å². The third kappa shape index (κ3) is 2.62. The fraction of sp³-hybridized carbons (Fsp3) is 0.176. The van der Waals surface area contributed by atoms with Crippen molar-refractivity contribution < 1.29 is 5.11 Å². The van der Waals surface area contributed by atoms with Gasteiger partial charge in [0.2, 0.25) is 0 Å². The average Bonchev–Trinajstić information content (AvgIpc) is 2.45. The van der Waals surface area contributed by atoms with Crippen molar-refractivity contribution in [1.29, 1.82) is 0 Å². The van der Waals surface area contributed by atoms with Crippen molar-refractivity contribution in [3.63, 3.8) is 0 Å². The molecule has 94 valence electrons. The molecule has 1 aliphatic heterocycles. The van der Waals surface area contributed by atoms with Gasteiger partial charge in [0.1, 0.15) is 5.75 Å². The van der Waals surface area contributed by atoms with E-state index in [0.717, 1.165) is 30.6 Å². The maximum Gasteiger partial charge on any atom is 0.117 e. The maximum atomic E-state index is 9.78. The summed E-state index contributed by atoms with van der Waals surface area (Å²) >= 11 is 0. The molecule has 0 atom stereocenters. The highest BCUT2D eigenvalue weighted by Gasteiger charge is 2.13. The first-order valence-electron chi connectivity index (χ1n) is 6.45. The Balaban J connectivity index is 2.02. The molecule has 0 aliphatic carbocycles. The molecule has 2 aromatic carbocycles. The Kier molecular flexibility index (Phi) is 3.22. The summed E-state index contributed by atoms with van der Waals surface area (Å²) < 4.78 is 0. The van der Waals surface area contributed by atoms with Crippen LogP contribution in [0.2, 0.25) is 0 Å². The number of phenolic OH excluding ortho intramolecular Hbond substituents is 1. The van der Waals surface area contributed by atoms with Gasteiger partial charge in [-0.1, -0.05) is 30.0 Å². The van der Waals surface area contributed by atoms with E-state index in [1.54, 1.807) is 6.07 Å². The fourth-order valence-corrected chi connectivity index (χ4v) is 2.36. The minimum Gasteiger partial charge on any atom is -0.508 e. The highest BCUT2D eigenvalue weighted by molar-refractivity contribution is 5.53. The van der Waals surface area contributed by atoms with Crippen molar-refractivity contribution in [3.8, 4) is 17.6 Å². The van der Waals surface area contributed by atoms with E-state index in [2.05, 4.69) is 17.2 Å². The number of hydrogen-bond donors (Lipinski definition) is 2. The van der Waals surface area contributed by atoms with Crippen LogP contribution in [0.5, 0.6) is 5.75 Å². The Morgan fingerprint density at radius 3 is 2.74 bits per heavy atom. The molecule has 2 nitrogen and oxygen atoms in total. The molecule has 19 heavy (non-hydrogen) atoms. The molecule has 0 radical (unpaired) electrons. The summed E-state index contributed by atoms with van der Waals surface area (Å²) in [5.41, 5.74) is 4.33. The molecule has 0 unspecified atom stereocenters. The predicted octanol–water partition coefficient (Wildman–Crippen LogP) is 2.44. The SMILES string of the molecule is Oc1cc(C#Cc2ccccc2)c2c(c1)CCNC2. The number of rotatable bonds is 0. The molecule has 0 fully saturated rings. The molecule has 0 amide bonds. The lowest BCUT2D eigenvalue weighted by Gasteiger charge is -2.18. The van der Waals surface area contributed by atoms with Crippen molar-refractivity contribution in [2.45, 2.75) is 13.0 Å². The molecule has 3 rings (SSSR count). The number of benzene rings is 2. The highest BCUT2D eigenvalue weighted by atomic mass is 16.3. The first-order chi connectivity index (χ1) is 9.33. The lowest BCUT2D eigenvalue weighted by molar-refractivity contribution is 0.472. The Morgan fingerprint density at radius 1 is 1.05 bits per heavy atom. The van der Waals surface area contributed by atoms with Crippen molar-refractivity contribution >= 4 is 0 Å². The van der Waals surface area contributed by atoms with Crippen LogP contribution in [0.4, 0.5) is 0 Å². The Hall–Kier alpha value is -2.24. The van der Waals surface area contributed by atoms with Crippen molar-refractivity contribution in [2.24, 2.45) is 0 Å². The summed E-state index contributed by atoms with van der Waals surface area (Å²) in [4.78, 5) is 0. The van der Waals surface area contributed by atoms with E-state index in [4.69, 9.17) is 0 Å². The molecule has 0 saturated carbocycles. The maximum absolute atomic E-state index is 9.78. The van der Waals surface area contributed by atoms with Gasteiger partial charge in [-0.3, -0.25) is 0 Å². The predicted molar refractivity (Wildman–Crippen MR) is 75.9 cm³/mol. The van der Waals surface area contributed by atoms with Gasteiger partial charge < -0.3 is 10.4 Å². The first kappa shape index (κ1) is 11.8. The summed E-state index contributed by atoms with van der Waals surface area (Å²) in [5, 5.41) is 13.1. The largest absolute Gasteiger partial charge is 0.508 e. The zero-order valence-corrected chi connectivity index (χ0v) is 10.6. The standard InChI is InChI=1S/C17H15NO/c19-16-10-14(7-6-13-4-2-1-3-5-13)17-12-18-9-8-15(17)11-16/h1-5,10-11,18-19H,8-9,12H2. The molecule has 1 aliphatic rings. The van der Waals surface area contributed by atoms with E-state index in [-0.39, 0.29) is 0 Å². The summed E-state index contributed by atoms with van der Waals surface area (Å²) in [7, 11) is 0. The van der Waals surface area contributed by atoms with Crippen LogP contribution in [0, 0.1) is 11.8 Å². The molecule has 0 bridgehead atoms. The molecule has 2 aromatic rings. The van der Waals surface area contributed by atoms with Crippen molar-refractivity contribution in [2.75, 3.05) is 6.54 Å². The van der Waals surface area contributed by atoms with Gasteiger partial charge in [0, 0.05) is 17.7 Å².